The molecule has 0 aromatic heterocycles. The van der Waals surface area contributed by atoms with Crippen molar-refractivity contribution in [2.45, 2.75) is 26.2 Å². The van der Waals surface area contributed by atoms with Crippen LogP contribution in [0.15, 0.2) is 103 Å². The lowest BCUT2D eigenvalue weighted by Gasteiger charge is -2.19. The summed E-state index contributed by atoms with van der Waals surface area (Å²) in [6.07, 6.45) is 0.828. The third kappa shape index (κ3) is 8.96. The van der Waals surface area contributed by atoms with Crippen LogP contribution in [0.25, 0.3) is 0 Å². The van der Waals surface area contributed by atoms with Crippen LogP contribution in [0, 0.1) is 0 Å². The second-order valence-corrected chi connectivity index (χ2v) is 8.91. The van der Waals surface area contributed by atoms with E-state index in [1.165, 1.54) is 5.56 Å². The minimum atomic E-state index is -0.421. The highest BCUT2D eigenvalue weighted by molar-refractivity contribution is 5.87. The van der Waals surface area contributed by atoms with Crippen LogP contribution in [-0.4, -0.2) is 38.4 Å². The van der Waals surface area contributed by atoms with Crippen molar-refractivity contribution in [2.24, 2.45) is 0 Å². The van der Waals surface area contributed by atoms with Gasteiger partial charge in [0.2, 0.25) is 0 Å². The molecule has 0 aliphatic rings. The van der Waals surface area contributed by atoms with E-state index in [9.17, 15) is 9.59 Å². The predicted molar refractivity (Wildman–Crippen MR) is 147 cm³/mol. The van der Waals surface area contributed by atoms with Gasteiger partial charge in [-0.2, -0.15) is 0 Å². The van der Waals surface area contributed by atoms with E-state index in [2.05, 4.69) is 49.6 Å². The second-order valence-electron chi connectivity index (χ2n) is 8.91. The van der Waals surface area contributed by atoms with Crippen molar-refractivity contribution in [1.82, 2.24) is 0 Å². The third-order valence-corrected chi connectivity index (χ3v) is 5.71. The van der Waals surface area contributed by atoms with Gasteiger partial charge in [0, 0.05) is 17.1 Å². The van der Waals surface area contributed by atoms with Crippen LogP contribution >= 0.6 is 0 Å². The Hall–Kier alpha value is -4.32. The Morgan fingerprint density at radius 1 is 0.632 bits per heavy atom. The molecule has 0 spiro atoms. The van der Waals surface area contributed by atoms with E-state index in [1.807, 2.05) is 42.5 Å². The van der Waals surface area contributed by atoms with Crippen LogP contribution in [-0.2, 0) is 25.5 Å². The van der Waals surface area contributed by atoms with E-state index in [-0.39, 0.29) is 32.3 Å². The SMILES string of the molecule is C=C(C)C(=O)OCCOc1ccc(C(Cc2ccccc2)c2ccc(OCCOC(=O)C(=C)C)cc2)cc1. The van der Waals surface area contributed by atoms with Crippen molar-refractivity contribution in [2.75, 3.05) is 26.4 Å². The van der Waals surface area contributed by atoms with Crippen molar-refractivity contribution < 1.29 is 28.5 Å². The van der Waals surface area contributed by atoms with Gasteiger partial charge in [-0.3, -0.25) is 0 Å². The molecular formula is C32H34O6. The average Bonchev–Trinajstić information content (AvgIpc) is 2.93. The highest BCUT2D eigenvalue weighted by Crippen LogP contribution is 2.31. The molecule has 3 aromatic rings. The summed E-state index contributed by atoms with van der Waals surface area (Å²) in [7, 11) is 0. The first kappa shape index (κ1) is 28.3. The molecule has 6 nitrogen and oxygen atoms in total. The van der Waals surface area contributed by atoms with Crippen LogP contribution in [0.5, 0.6) is 11.5 Å². The molecule has 0 unspecified atom stereocenters. The van der Waals surface area contributed by atoms with Crippen LogP contribution in [0.3, 0.4) is 0 Å². The molecule has 0 aliphatic carbocycles. The molecule has 0 saturated heterocycles. The van der Waals surface area contributed by atoms with Crippen LogP contribution < -0.4 is 9.47 Å². The Balaban J connectivity index is 1.65. The predicted octanol–water partition coefficient (Wildman–Crippen LogP) is 6.06. The Labute approximate surface area is 224 Å². The Morgan fingerprint density at radius 2 is 1.05 bits per heavy atom. The first-order chi connectivity index (χ1) is 18.3. The molecule has 198 valence electrons. The third-order valence-electron chi connectivity index (χ3n) is 5.71. The molecule has 0 atom stereocenters. The van der Waals surface area contributed by atoms with E-state index in [0.29, 0.717) is 22.6 Å². The summed E-state index contributed by atoms with van der Waals surface area (Å²) in [4.78, 5) is 23.0. The van der Waals surface area contributed by atoms with Crippen molar-refractivity contribution in [3.05, 3.63) is 120 Å². The van der Waals surface area contributed by atoms with E-state index in [4.69, 9.17) is 18.9 Å². The summed E-state index contributed by atoms with van der Waals surface area (Å²) in [5.41, 5.74) is 4.26. The summed E-state index contributed by atoms with van der Waals surface area (Å²) < 4.78 is 21.6. The van der Waals surface area contributed by atoms with Gasteiger partial charge < -0.3 is 18.9 Å². The maximum absolute atomic E-state index is 11.5. The molecule has 0 aliphatic heterocycles. The van der Waals surface area contributed by atoms with E-state index in [1.54, 1.807) is 13.8 Å². The maximum atomic E-state index is 11.5. The topological polar surface area (TPSA) is 71.1 Å². The van der Waals surface area contributed by atoms with Crippen molar-refractivity contribution >= 4 is 11.9 Å². The van der Waals surface area contributed by atoms with Crippen molar-refractivity contribution in [1.29, 1.82) is 0 Å². The zero-order chi connectivity index (χ0) is 27.3. The molecule has 3 rings (SSSR count). The monoisotopic (exact) mass is 514 g/mol. The summed E-state index contributed by atoms with van der Waals surface area (Å²) in [6, 6.07) is 26.3. The molecule has 3 aromatic carbocycles. The van der Waals surface area contributed by atoms with Crippen LogP contribution in [0.2, 0.25) is 0 Å². The molecule has 0 amide bonds. The van der Waals surface area contributed by atoms with Crippen LogP contribution in [0.1, 0.15) is 36.5 Å². The van der Waals surface area contributed by atoms with Gasteiger partial charge in [0.1, 0.15) is 37.9 Å². The Bertz CT molecular complexity index is 1140. The maximum Gasteiger partial charge on any atom is 0.333 e. The van der Waals surface area contributed by atoms with E-state index >= 15 is 0 Å². The number of hydrogen-bond donors (Lipinski definition) is 0. The molecule has 6 heteroatoms. The summed E-state index contributed by atoms with van der Waals surface area (Å²) >= 11 is 0. The largest absolute Gasteiger partial charge is 0.490 e. The fraction of sp³-hybridized carbons (Fsp3) is 0.250. The number of esters is 2. The smallest absolute Gasteiger partial charge is 0.333 e. The number of benzene rings is 3. The zero-order valence-corrected chi connectivity index (χ0v) is 22.0. The van der Waals surface area contributed by atoms with Crippen molar-refractivity contribution in [3.63, 3.8) is 0 Å². The van der Waals surface area contributed by atoms with Gasteiger partial charge >= 0.3 is 11.9 Å². The summed E-state index contributed by atoms with van der Waals surface area (Å²) in [6.45, 7) is 11.2. The average molecular weight is 515 g/mol. The molecule has 0 heterocycles. The normalized spacial score (nSPS) is 10.5. The number of hydrogen-bond acceptors (Lipinski definition) is 6. The van der Waals surface area contributed by atoms with Gasteiger partial charge in [-0.05, 0) is 61.2 Å². The highest BCUT2D eigenvalue weighted by atomic mass is 16.6. The van der Waals surface area contributed by atoms with Gasteiger partial charge in [-0.25, -0.2) is 9.59 Å². The quantitative estimate of drug-likeness (QED) is 0.148. The first-order valence-corrected chi connectivity index (χ1v) is 12.5. The lowest BCUT2D eigenvalue weighted by molar-refractivity contribution is -0.140. The number of carbonyl (C=O) groups is 2. The lowest BCUT2D eigenvalue weighted by Crippen LogP contribution is -2.12. The fourth-order valence-corrected chi connectivity index (χ4v) is 3.70. The standard InChI is InChI=1S/C32H34O6/c1-23(2)31(33)37-20-18-35-28-14-10-26(11-15-28)30(22-25-8-6-5-7-9-25)27-12-16-29(17-13-27)36-19-21-38-32(34)24(3)4/h5-17,30H,1,3,18-22H2,2,4H3. The molecule has 0 radical (unpaired) electrons. The number of ether oxygens (including phenoxy) is 4. The number of rotatable bonds is 14. The van der Waals surface area contributed by atoms with Gasteiger partial charge in [0.25, 0.3) is 0 Å². The summed E-state index contributed by atoms with van der Waals surface area (Å²) in [5, 5.41) is 0. The Morgan fingerprint density at radius 3 is 1.45 bits per heavy atom. The molecular weight excluding hydrogens is 480 g/mol. The van der Waals surface area contributed by atoms with Crippen LogP contribution in [0.4, 0.5) is 0 Å². The second kappa shape index (κ2) is 14.4. The highest BCUT2D eigenvalue weighted by Gasteiger charge is 2.16. The van der Waals surface area contributed by atoms with Gasteiger partial charge in [-0.15, -0.1) is 0 Å². The molecule has 0 saturated carbocycles. The lowest BCUT2D eigenvalue weighted by atomic mass is 9.86. The van der Waals surface area contributed by atoms with E-state index in [0.717, 1.165) is 17.5 Å². The minimum Gasteiger partial charge on any atom is -0.490 e. The molecule has 0 bridgehead atoms. The molecule has 0 N–H and O–H groups in total. The van der Waals surface area contributed by atoms with Gasteiger partial charge in [0.05, 0.1) is 0 Å². The van der Waals surface area contributed by atoms with Crippen molar-refractivity contribution in [3.8, 4) is 11.5 Å². The minimum absolute atomic E-state index is 0.119. The number of carbonyl (C=O) groups excluding carboxylic acids is 2. The first-order valence-electron chi connectivity index (χ1n) is 12.5. The molecule has 38 heavy (non-hydrogen) atoms. The fourth-order valence-electron chi connectivity index (χ4n) is 3.70. The molecule has 0 fully saturated rings. The zero-order valence-electron chi connectivity index (χ0n) is 22.0. The summed E-state index contributed by atoms with van der Waals surface area (Å²) in [5.74, 6) is 0.684. The Kier molecular flexibility index (Phi) is 10.7. The van der Waals surface area contributed by atoms with Gasteiger partial charge in [0.15, 0.2) is 0 Å². The van der Waals surface area contributed by atoms with E-state index < -0.39 is 11.9 Å². The van der Waals surface area contributed by atoms with Gasteiger partial charge in [-0.1, -0.05) is 67.8 Å².